The molecule has 2 aromatic rings. The van der Waals surface area contributed by atoms with E-state index in [1.807, 2.05) is 25.1 Å². The third-order valence-corrected chi connectivity index (χ3v) is 4.06. The van der Waals surface area contributed by atoms with Crippen LogP contribution in [0.5, 0.6) is 0 Å². The summed E-state index contributed by atoms with van der Waals surface area (Å²) < 4.78 is 5.30. The highest BCUT2D eigenvalue weighted by Gasteiger charge is 2.19. The fourth-order valence-electron chi connectivity index (χ4n) is 2.83. The van der Waals surface area contributed by atoms with E-state index in [1.165, 1.54) is 25.7 Å². The Morgan fingerprint density at radius 2 is 1.90 bits per heavy atom. The van der Waals surface area contributed by atoms with Gasteiger partial charge in [0.1, 0.15) is 0 Å². The van der Waals surface area contributed by atoms with E-state index in [0.717, 1.165) is 17.2 Å². The summed E-state index contributed by atoms with van der Waals surface area (Å²) in [5.74, 6) is 2.12. The van der Waals surface area contributed by atoms with E-state index in [2.05, 4.69) is 28.4 Å². The van der Waals surface area contributed by atoms with E-state index in [9.17, 15) is 0 Å². The van der Waals surface area contributed by atoms with Crippen molar-refractivity contribution in [2.45, 2.75) is 45.6 Å². The molecule has 0 amide bonds. The fourth-order valence-corrected chi connectivity index (χ4v) is 2.83. The van der Waals surface area contributed by atoms with Gasteiger partial charge in [0.25, 0.3) is 5.89 Å². The van der Waals surface area contributed by atoms with Crippen LogP contribution in [0.3, 0.4) is 0 Å². The highest BCUT2D eigenvalue weighted by Crippen LogP contribution is 2.30. The number of nitrogens with one attached hydrogen (secondary N) is 1. The number of benzene rings is 1. The molecule has 1 aliphatic rings. The summed E-state index contributed by atoms with van der Waals surface area (Å²) in [6.45, 7) is 4.18. The van der Waals surface area contributed by atoms with E-state index in [0.29, 0.717) is 17.8 Å². The zero-order valence-electron chi connectivity index (χ0n) is 12.1. The van der Waals surface area contributed by atoms with E-state index in [-0.39, 0.29) is 0 Å². The van der Waals surface area contributed by atoms with Crippen molar-refractivity contribution in [3.63, 3.8) is 0 Å². The molecule has 106 valence electrons. The quantitative estimate of drug-likeness (QED) is 0.915. The van der Waals surface area contributed by atoms with Gasteiger partial charge in [-0.1, -0.05) is 24.2 Å². The molecule has 4 nitrogen and oxygen atoms in total. The number of aromatic nitrogens is 2. The first-order valence-electron chi connectivity index (χ1n) is 7.38. The van der Waals surface area contributed by atoms with Crippen LogP contribution in [0.25, 0.3) is 11.5 Å². The Hall–Kier alpha value is -1.84. The molecule has 20 heavy (non-hydrogen) atoms. The van der Waals surface area contributed by atoms with Crippen molar-refractivity contribution >= 4 is 5.69 Å². The second-order valence-corrected chi connectivity index (χ2v) is 5.79. The molecule has 0 spiro atoms. The summed E-state index contributed by atoms with van der Waals surface area (Å²) >= 11 is 0. The Kier molecular flexibility index (Phi) is 3.72. The average Bonchev–Trinajstić information content (AvgIpc) is 2.88. The molecular weight excluding hydrogens is 250 g/mol. The maximum Gasteiger partial charge on any atom is 0.260 e. The van der Waals surface area contributed by atoms with Crippen molar-refractivity contribution in [2.24, 2.45) is 5.92 Å². The Morgan fingerprint density at radius 1 is 1.15 bits per heavy atom. The van der Waals surface area contributed by atoms with Gasteiger partial charge < -0.3 is 9.84 Å². The lowest BCUT2D eigenvalue weighted by Crippen LogP contribution is -2.25. The molecule has 0 aliphatic heterocycles. The molecule has 1 aromatic carbocycles. The first-order valence-corrected chi connectivity index (χ1v) is 7.38. The van der Waals surface area contributed by atoms with Gasteiger partial charge in [-0.15, -0.1) is 0 Å². The van der Waals surface area contributed by atoms with E-state index in [4.69, 9.17) is 4.52 Å². The molecule has 1 saturated carbocycles. The molecule has 1 fully saturated rings. The second kappa shape index (κ2) is 5.65. The molecule has 1 aromatic heterocycles. The Bertz CT molecular complexity index is 571. The summed E-state index contributed by atoms with van der Waals surface area (Å²) in [5.41, 5.74) is 2.09. The third kappa shape index (κ3) is 2.84. The predicted octanol–water partition coefficient (Wildman–Crippen LogP) is 4.04. The van der Waals surface area contributed by atoms with Gasteiger partial charge in [-0.05, 0) is 50.7 Å². The van der Waals surface area contributed by atoms with Gasteiger partial charge in [0.05, 0.1) is 5.56 Å². The number of aryl methyl sites for hydroxylation is 1. The first-order chi connectivity index (χ1) is 9.72. The standard InChI is InChI=1S/C16H21N3O/c1-11-7-9-13(10-8-11)18-15-6-4-3-5-14(15)16-17-12(2)19-20-16/h3-6,11,13,18H,7-10H2,1-2H3. The number of hydrogen-bond donors (Lipinski definition) is 1. The van der Waals surface area contributed by atoms with E-state index in [1.54, 1.807) is 0 Å². The number of para-hydroxylation sites is 1. The summed E-state index contributed by atoms with van der Waals surface area (Å²) in [5, 5.41) is 7.53. The lowest BCUT2D eigenvalue weighted by atomic mass is 9.87. The topological polar surface area (TPSA) is 51.0 Å². The van der Waals surface area contributed by atoms with Crippen LogP contribution in [0, 0.1) is 12.8 Å². The zero-order chi connectivity index (χ0) is 13.9. The molecule has 0 bridgehead atoms. The molecule has 0 unspecified atom stereocenters. The monoisotopic (exact) mass is 271 g/mol. The van der Waals surface area contributed by atoms with Crippen LogP contribution in [0.15, 0.2) is 28.8 Å². The number of hydrogen-bond acceptors (Lipinski definition) is 4. The first kappa shape index (κ1) is 13.2. The van der Waals surface area contributed by atoms with Crippen LogP contribution < -0.4 is 5.32 Å². The molecule has 0 radical (unpaired) electrons. The van der Waals surface area contributed by atoms with Gasteiger partial charge in [-0.2, -0.15) is 4.98 Å². The zero-order valence-corrected chi connectivity index (χ0v) is 12.1. The van der Waals surface area contributed by atoms with Crippen molar-refractivity contribution < 1.29 is 4.52 Å². The lowest BCUT2D eigenvalue weighted by Gasteiger charge is -2.28. The number of anilines is 1. The van der Waals surface area contributed by atoms with Gasteiger partial charge in [0.2, 0.25) is 0 Å². The second-order valence-electron chi connectivity index (χ2n) is 5.79. The van der Waals surface area contributed by atoms with Crippen LogP contribution in [0.4, 0.5) is 5.69 Å². The Labute approximate surface area is 119 Å². The van der Waals surface area contributed by atoms with Crippen LogP contribution in [0.1, 0.15) is 38.4 Å². The Balaban J connectivity index is 1.80. The van der Waals surface area contributed by atoms with Crippen molar-refractivity contribution in [3.8, 4) is 11.5 Å². The summed E-state index contributed by atoms with van der Waals surface area (Å²) in [7, 11) is 0. The average molecular weight is 271 g/mol. The van der Waals surface area contributed by atoms with Gasteiger partial charge in [-0.25, -0.2) is 0 Å². The molecule has 0 saturated heterocycles. The maximum absolute atomic E-state index is 5.30. The van der Waals surface area contributed by atoms with Crippen molar-refractivity contribution in [1.29, 1.82) is 0 Å². The highest BCUT2D eigenvalue weighted by atomic mass is 16.5. The summed E-state index contributed by atoms with van der Waals surface area (Å²) in [6, 6.07) is 8.72. The molecular formula is C16H21N3O. The number of nitrogens with zero attached hydrogens (tertiary/aromatic N) is 2. The Morgan fingerprint density at radius 3 is 2.60 bits per heavy atom. The largest absolute Gasteiger partial charge is 0.382 e. The van der Waals surface area contributed by atoms with E-state index >= 15 is 0 Å². The lowest BCUT2D eigenvalue weighted by molar-refractivity contribution is 0.361. The molecule has 1 heterocycles. The highest BCUT2D eigenvalue weighted by molar-refractivity contribution is 5.72. The van der Waals surface area contributed by atoms with Crippen LogP contribution in [0.2, 0.25) is 0 Å². The van der Waals surface area contributed by atoms with Crippen LogP contribution >= 0.6 is 0 Å². The van der Waals surface area contributed by atoms with Gasteiger partial charge in [0, 0.05) is 11.7 Å². The smallest absolute Gasteiger partial charge is 0.260 e. The fraction of sp³-hybridized carbons (Fsp3) is 0.500. The van der Waals surface area contributed by atoms with Gasteiger partial charge in [0.15, 0.2) is 5.82 Å². The van der Waals surface area contributed by atoms with Crippen LogP contribution in [-0.4, -0.2) is 16.2 Å². The summed E-state index contributed by atoms with van der Waals surface area (Å²) in [4.78, 5) is 4.33. The SMILES string of the molecule is Cc1noc(-c2ccccc2NC2CCC(C)CC2)n1. The van der Waals surface area contributed by atoms with Crippen molar-refractivity contribution in [3.05, 3.63) is 30.1 Å². The maximum atomic E-state index is 5.30. The molecule has 4 heteroatoms. The molecule has 1 N–H and O–H groups in total. The molecule has 0 atom stereocenters. The summed E-state index contributed by atoms with van der Waals surface area (Å²) in [6.07, 6.45) is 5.08. The van der Waals surface area contributed by atoms with Crippen molar-refractivity contribution in [1.82, 2.24) is 10.1 Å². The minimum absolute atomic E-state index is 0.552. The third-order valence-electron chi connectivity index (χ3n) is 4.06. The molecule has 1 aliphatic carbocycles. The van der Waals surface area contributed by atoms with E-state index < -0.39 is 0 Å². The number of rotatable bonds is 3. The predicted molar refractivity (Wildman–Crippen MR) is 79.5 cm³/mol. The van der Waals surface area contributed by atoms with Crippen molar-refractivity contribution in [2.75, 3.05) is 5.32 Å². The normalized spacial score (nSPS) is 22.7. The minimum Gasteiger partial charge on any atom is -0.382 e. The van der Waals surface area contributed by atoms with Gasteiger partial charge >= 0.3 is 0 Å². The van der Waals surface area contributed by atoms with Gasteiger partial charge in [-0.3, -0.25) is 0 Å². The minimum atomic E-state index is 0.552. The van der Waals surface area contributed by atoms with Crippen LogP contribution in [-0.2, 0) is 0 Å². The molecule has 3 rings (SSSR count).